The number of allylic oxidation sites excluding steroid dienone is 2. The first-order chi connectivity index (χ1) is 16.1. The summed E-state index contributed by atoms with van der Waals surface area (Å²) in [6.07, 6.45) is 9.55. The number of carbonyl (C=O) groups is 3. The smallest absolute Gasteiger partial charge is 0.469 e. The fourth-order valence-electron chi connectivity index (χ4n) is 8.26. The van der Waals surface area contributed by atoms with Crippen LogP contribution in [0, 0.1) is 40.4 Å². The Hall–Kier alpha value is -1.85. The summed E-state index contributed by atoms with van der Waals surface area (Å²) in [7, 11) is 1.43. The molecular weight excluding hydrogens is 432 g/mol. The molecule has 3 saturated carbocycles. The quantitative estimate of drug-likeness (QED) is 0.448. The minimum Gasteiger partial charge on any atom is -0.469 e. The summed E-state index contributed by atoms with van der Waals surface area (Å²) in [5, 5.41) is 0. The van der Waals surface area contributed by atoms with Gasteiger partial charge in [-0.05, 0) is 99.4 Å². The molecule has 0 aromatic heterocycles. The molecule has 0 heterocycles. The number of rotatable bonds is 6. The second kappa shape index (κ2) is 9.66. The zero-order valence-corrected chi connectivity index (χ0v) is 21.6. The van der Waals surface area contributed by atoms with Crippen molar-refractivity contribution in [3.05, 3.63) is 11.6 Å². The maximum absolute atomic E-state index is 13.8. The monoisotopic (exact) mass is 474 g/mol. The maximum atomic E-state index is 13.8. The highest BCUT2D eigenvalue weighted by Crippen LogP contribution is 2.65. The van der Waals surface area contributed by atoms with E-state index in [1.165, 1.54) is 12.7 Å². The molecule has 0 N–H and O–H groups in total. The van der Waals surface area contributed by atoms with Gasteiger partial charge in [0.25, 0.3) is 0 Å². The van der Waals surface area contributed by atoms with E-state index in [9.17, 15) is 14.4 Å². The molecule has 6 unspecified atom stereocenters. The highest BCUT2D eigenvalue weighted by Gasteiger charge is 2.61. The molecule has 3 fully saturated rings. The van der Waals surface area contributed by atoms with Gasteiger partial charge in [-0.3, -0.25) is 9.59 Å². The summed E-state index contributed by atoms with van der Waals surface area (Å²) in [6.45, 7) is 8.87. The van der Waals surface area contributed by atoms with Gasteiger partial charge in [0.1, 0.15) is 6.10 Å². The van der Waals surface area contributed by atoms with Crippen LogP contribution in [-0.4, -0.2) is 37.7 Å². The van der Waals surface area contributed by atoms with Crippen molar-refractivity contribution in [2.75, 3.05) is 13.7 Å². The van der Waals surface area contributed by atoms with Gasteiger partial charge < -0.3 is 14.2 Å². The Kier molecular flexibility index (Phi) is 7.17. The molecule has 0 saturated heterocycles. The molecule has 6 nitrogen and oxygen atoms in total. The normalized spacial score (nSPS) is 39.7. The third-order valence-electron chi connectivity index (χ3n) is 10.2. The second-order valence-electron chi connectivity index (χ2n) is 11.6. The van der Waals surface area contributed by atoms with Gasteiger partial charge in [0.2, 0.25) is 0 Å². The predicted octanol–water partition coefficient (Wildman–Crippen LogP) is 5.88. The predicted molar refractivity (Wildman–Crippen MR) is 128 cm³/mol. The first-order valence-corrected chi connectivity index (χ1v) is 13.3. The lowest BCUT2D eigenvalue weighted by Crippen LogP contribution is -2.52. The maximum Gasteiger partial charge on any atom is 0.508 e. The van der Waals surface area contributed by atoms with Crippen molar-refractivity contribution < 1.29 is 28.6 Å². The number of hydrogen-bond acceptors (Lipinski definition) is 6. The summed E-state index contributed by atoms with van der Waals surface area (Å²) in [4.78, 5) is 37.3. The summed E-state index contributed by atoms with van der Waals surface area (Å²) in [5.74, 6) is 2.03. The van der Waals surface area contributed by atoms with Crippen LogP contribution in [0.4, 0.5) is 4.79 Å². The van der Waals surface area contributed by atoms with E-state index in [0.29, 0.717) is 48.4 Å². The fraction of sp³-hybridized carbons (Fsp3) is 0.821. The first-order valence-electron chi connectivity index (χ1n) is 13.3. The number of methoxy groups -OCH3 is 1. The van der Waals surface area contributed by atoms with E-state index < -0.39 is 6.16 Å². The first kappa shape index (κ1) is 25.2. The molecule has 8 atom stereocenters. The van der Waals surface area contributed by atoms with Crippen LogP contribution in [0.2, 0.25) is 0 Å². The van der Waals surface area contributed by atoms with Gasteiger partial charge in [-0.1, -0.05) is 26.3 Å². The SMILES string of the molecule is CCOC(=O)O[C@@H]1CCC2(C)C3=CC(=O)C4(C)C(C(C)CCC(=O)OC)CCC4C3CC[C@@H]2C1. The van der Waals surface area contributed by atoms with Crippen molar-refractivity contribution in [2.45, 2.75) is 91.6 Å². The minimum absolute atomic E-state index is 0.00299. The summed E-state index contributed by atoms with van der Waals surface area (Å²) in [6, 6.07) is 0. The van der Waals surface area contributed by atoms with Gasteiger partial charge in [0.05, 0.1) is 13.7 Å². The molecule has 34 heavy (non-hydrogen) atoms. The van der Waals surface area contributed by atoms with Crippen LogP contribution < -0.4 is 0 Å². The van der Waals surface area contributed by atoms with Crippen LogP contribution in [0.15, 0.2) is 11.6 Å². The van der Waals surface area contributed by atoms with E-state index in [1.54, 1.807) is 6.92 Å². The Morgan fingerprint density at radius 3 is 2.62 bits per heavy atom. The van der Waals surface area contributed by atoms with Gasteiger partial charge in [0.15, 0.2) is 5.78 Å². The lowest BCUT2D eigenvalue weighted by molar-refractivity contribution is -0.141. The van der Waals surface area contributed by atoms with Crippen molar-refractivity contribution in [1.82, 2.24) is 0 Å². The number of hydrogen-bond donors (Lipinski definition) is 0. The number of esters is 1. The molecule has 0 spiro atoms. The van der Waals surface area contributed by atoms with E-state index >= 15 is 0 Å². The molecule has 0 bridgehead atoms. The van der Waals surface area contributed by atoms with E-state index in [-0.39, 0.29) is 22.9 Å². The number of fused-ring (bicyclic) bond motifs is 5. The zero-order chi connectivity index (χ0) is 24.7. The molecular formula is C28H42O6. The largest absolute Gasteiger partial charge is 0.508 e. The Morgan fingerprint density at radius 1 is 1.15 bits per heavy atom. The number of ketones is 1. The molecule has 190 valence electrons. The molecule has 4 aliphatic rings. The van der Waals surface area contributed by atoms with Crippen molar-refractivity contribution in [3.63, 3.8) is 0 Å². The van der Waals surface area contributed by atoms with Crippen molar-refractivity contribution in [3.8, 4) is 0 Å². The van der Waals surface area contributed by atoms with Gasteiger partial charge >= 0.3 is 12.1 Å². The van der Waals surface area contributed by atoms with Gasteiger partial charge in [0, 0.05) is 11.8 Å². The molecule has 0 aromatic carbocycles. The van der Waals surface area contributed by atoms with E-state index in [4.69, 9.17) is 14.2 Å². The molecule has 4 rings (SSSR count). The third-order valence-corrected chi connectivity index (χ3v) is 10.2. The highest BCUT2D eigenvalue weighted by molar-refractivity contribution is 5.97. The van der Waals surface area contributed by atoms with E-state index in [0.717, 1.165) is 51.4 Å². The number of ether oxygens (including phenoxy) is 3. The lowest BCUT2D eigenvalue weighted by Gasteiger charge is -2.56. The summed E-state index contributed by atoms with van der Waals surface area (Å²) < 4.78 is 15.4. The Labute approximate surface area is 204 Å². The van der Waals surface area contributed by atoms with Crippen LogP contribution in [0.3, 0.4) is 0 Å². The van der Waals surface area contributed by atoms with Crippen LogP contribution in [-0.2, 0) is 23.8 Å². The zero-order valence-electron chi connectivity index (χ0n) is 21.6. The molecule has 6 heteroatoms. The molecule has 0 aliphatic heterocycles. The van der Waals surface area contributed by atoms with Crippen molar-refractivity contribution in [2.24, 2.45) is 40.4 Å². The van der Waals surface area contributed by atoms with Gasteiger partial charge in [-0.15, -0.1) is 0 Å². The Balaban J connectivity index is 1.51. The topological polar surface area (TPSA) is 78.9 Å². The Bertz CT molecular complexity index is 848. The fourth-order valence-corrected chi connectivity index (χ4v) is 8.26. The van der Waals surface area contributed by atoms with Crippen molar-refractivity contribution >= 4 is 17.9 Å². The average Bonchev–Trinajstić information content (AvgIpc) is 3.17. The van der Waals surface area contributed by atoms with Crippen LogP contribution in [0.5, 0.6) is 0 Å². The lowest BCUT2D eigenvalue weighted by atomic mass is 9.48. The van der Waals surface area contributed by atoms with E-state index in [2.05, 4.69) is 20.8 Å². The highest BCUT2D eigenvalue weighted by atomic mass is 16.7. The average molecular weight is 475 g/mol. The van der Waals surface area contributed by atoms with Gasteiger partial charge in [-0.2, -0.15) is 0 Å². The second-order valence-corrected chi connectivity index (χ2v) is 11.6. The van der Waals surface area contributed by atoms with E-state index in [1.807, 2.05) is 6.08 Å². The molecule has 0 radical (unpaired) electrons. The summed E-state index contributed by atoms with van der Waals surface area (Å²) >= 11 is 0. The molecule has 0 aromatic rings. The summed E-state index contributed by atoms with van der Waals surface area (Å²) in [5.41, 5.74) is 1.04. The van der Waals surface area contributed by atoms with Crippen LogP contribution >= 0.6 is 0 Å². The van der Waals surface area contributed by atoms with Crippen molar-refractivity contribution in [1.29, 1.82) is 0 Å². The third kappa shape index (κ3) is 4.19. The van der Waals surface area contributed by atoms with Gasteiger partial charge in [-0.25, -0.2) is 4.79 Å². The molecule has 4 aliphatic carbocycles. The van der Waals surface area contributed by atoms with Crippen LogP contribution in [0.1, 0.15) is 85.5 Å². The Morgan fingerprint density at radius 2 is 1.91 bits per heavy atom. The molecule has 0 amide bonds. The number of carbonyl (C=O) groups excluding carboxylic acids is 3. The standard InChI is InChI=1S/C28H42O6/c1-6-33-26(31)34-19-13-14-27(3)18(15-19)8-9-20-22-11-10-21(17(2)7-12-25(30)32-5)28(22,4)24(29)16-23(20)27/h16-22H,6-15H2,1-5H3/t17?,18-,19-,20?,21?,22?,27?,28?/m1/s1. The van der Waals surface area contributed by atoms with Crippen LogP contribution in [0.25, 0.3) is 0 Å². The minimum atomic E-state index is -0.564.